The van der Waals surface area contributed by atoms with Gasteiger partial charge in [0.25, 0.3) is 0 Å². The Hall–Kier alpha value is 0.0600. The van der Waals surface area contributed by atoms with Gasteiger partial charge < -0.3 is 5.32 Å². The first-order chi connectivity index (χ1) is 10.0. The van der Waals surface area contributed by atoms with Gasteiger partial charge in [-0.15, -0.1) is 11.3 Å². The maximum absolute atomic E-state index is 13.6. The van der Waals surface area contributed by atoms with Crippen LogP contribution in [0, 0.1) is 5.82 Å². The molecule has 0 saturated heterocycles. The average Bonchev–Trinajstić information content (AvgIpc) is 2.78. The molecule has 0 saturated carbocycles. The van der Waals surface area contributed by atoms with E-state index in [9.17, 15) is 4.39 Å². The Balaban J connectivity index is 2.28. The highest BCUT2D eigenvalue weighted by atomic mass is 79.9. The first-order valence-corrected chi connectivity index (χ1v) is 9.42. The van der Waals surface area contributed by atoms with E-state index in [4.69, 9.17) is 11.6 Å². The zero-order valence-corrected chi connectivity index (χ0v) is 16.2. The van der Waals surface area contributed by atoms with Crippen LogP contribution < -0.4 is 5.32 Å². The Labute approximate surface area is 150 Å². The lowest BCUT2D eigenvalue weighted by Crippen LogP contribution is -2.24. The molecule has 2 aromatic rings. The number of benzene rings is 1. The normalized spacial score (nSPS) is 12.6. The maximum atomic E-state index is 13.6. The molecule has 6 heteroatoms. The van der Waals surface area contributed by atoms with E-state index < -0.39 is 0 Å². The van der Waals surface area contributed by atoms with Gasteiger partial charge in [0.15, 0.2) is 0 Å². The van der Waals surface area contributed by atoms with Crippen LogP contribution in [0.3, 0.4) is 0 Å². The molecule has 2 rings (SSSR count). The monoisotopic (exact) mass is 453 g/mol. The fourth-order valence-electron chi connectivity index (χ4n) is 2.13. The van der Waals surface area contributed by atoms with Crippen molar-refractivity contribution in [3.05, 3.63) is 53.8 Å². The van der Waals surface area contributed by atoms with Crippen molar-refractivity contribution < 1.29 is 4.39 Å². The van der Waals surface area contributed by atoms with Crippen LogP contribution in [0.2, 0.25) is 5.02 Å². The summed E-state index contributed by atoms with van der Waals surface area (Å²) >= 11 is 14.8. The zero-order chi connectivity index (χ0) is 15.4. The Morgan fingerprint density at radius 3 is 2.76 bits per heavy atom. The smallest absolute Gasteiger partial charge is 0.142 e. The minimum atomic E-state index is -0.367. The molecule has 21 heavy (non-hydrogen) atoms. The van der Waals surface area contributed by atoms with Crippen molar-refractivity contribution in [3.8, 4) is 0 Å². The third-order valence-corrected chi connectivity index (χ3v) is 5.96. The van der Waals surface area contributed by atoms with Crippen molar-refractivity contribution >= 4 is 54.8 Å². The number of halogens is 4. The Morgan fingerprint density at radius 2 is 2.14 bits per heavy atom. The molecule has 1 N–H and O–H groups in total. The zero-order valence-electron chi connectivity index (χ0n) is 11.4. The topological polar surface area (TPSA) is 12.0 Å². The summed E-state index contributed by atoms with van der Waals surface area (Å²) in [5.74, 6) is -0.367. The summed E-state index contributed by atoms with van der Waals surface area (Å²) in [4.78, 5) is 0. The fourth-order valence-corrected chi connectivity index (χ4v) is 5.30. The SMILES string of the molecule is CCCNC(Cc1cccc(F)c1Cl)c1cc(Br)sc1Br. The minimum Gasteiger partial charge on any atom is -0.310 e. The van der Waals surface area contributed by atoms with Gasteiger partial charge in [-0.05, 0) is 74.5 Å². The molecule has 0 aliphatic rings. The molecule has 1 atom stereocenters. The number of hydrogen-bond donors (Lipinski definition) is 1. The first-order valence-electron chi connectivity index (χ1n) is 6.64. The van der Waals surface area contributed by atoms with Crippen LogP contribution >= 0.6 is 54.8 Å². The van der Waals surface area contributed by atoms with Crippen LogP contribution in [0.1, 0.15) is 30.5 Å². The summed E-state index contributed by atoms with van der Waals surface area (Å²) in [5, 5.41) is 3.72. The van der Waals surface area contributed by atoms with E-state index in [1.807, 2.05) is 6.07 Å². The van der Waals surface area contributed by atoms with E-state index in [-0.39, 0.29) is 16.9 Å². The van der Waals surface area contributed by atoms with E-state index in [2.05, 4.69) is 50.2 Å². The largest absolute Gasteiger partial charge is 0.310 e. The van der Waals surface area contributed by atoms with Crippen molar-refractivity contribution in [2.45, 2.75) is 25.8 Å². The van der Waals surface area contributed by atoms with Gasteiger partial charge >= 0.3 is 0 Å². The summed E-state index contributed by atoms with van der Waals surface area (Å²) in [6.07, 6.45) is 1.69. The second-order valence-electron chi connectivity index (χ2n) is 4.70. The highest BCUT2D eigenvalue weighted by molar-refractivity contribution is 9.12. The van der Waals surface area contributed by atoms with Gasteiger partial charge in [-0.25, -0.2) is 4.39 Å². The molecule has 0 aliphatic heterocycles. The lowest BCUT2D eigenvalue weighted by molar-refractivity contribution is 0.527. The first kappa shape index (κ1) is 17.4. The molecular formula is C15H15Br2ClFNS. The van der Waals surface area contributed by atoms with Crippen LogP contribution in [0.15, 0.2) is 31.8 Å². The maximum Gasteiger partial charge on any atom is 0.142 e. The number of nitrogens with one attached hydrogen (secondary N) is 1. The van der Waals surface area contributed by atoms with Gasteiger partial charge in [0.2, 0.25) is 0 Å². The number of hydrogen-bond acceptors (Lipinski definition) is 2. The van der Waals surface area contributed by atoms with Gasteiger partial charge in [-0.2, -0.15) is 0 Å². The lowest BCUT2D eigenvalue weighted by atomic mass is 10.0. The molecular weight excluding hydrogens is 440 g/mol. The molecule has 0 spiro atoms. The minimum absolute atomic E-state index is 0.0983. The molecule has 1 unspecified atom stereocenters. The number of rotatable bonds is 6. The Kier molecular flexibility index (Phi) is 6.69. The van der Waals surface area contributed by atoms with Crippen LogP contribution in [-0.4, -0.2) is 6.54 Å². The van der Waals surface area contributed by atoms with Crippen molar-refractivity contribution in [1.29, 1.82) is 0 Å². The predicted molar refractivity (Wildman–Crippen MR) is 95.9 cm³/mol. The summed E-state index contributed by atoms with van der Waals surface area (Å²) in [6, 6.07) is 7.15. The van der Waals surface area contributed by atoms with E-state index in [1.54, 1.807) is 17.4 Å². The van der Waals surface area contributed by atoms with Crippen LogP contribution in [-0.2, 0) is 6.42 Å². The molecule has 1 aromatic carbocycles. The highest BCUT2D eigenvalue weighted by Crippen LogP contribution is 2.37. The summed E-state index contributed by atoms with van der Waals surface area (Å²) in [6.45, 7) is 3.02. The molecule has 0 radical (unpaired) electrons. The molecule has 0 bridgehead atoms. The van der Waals surface area contributed by atoms with Crippen molar-refractivity contribution in [3.63, 3.8) is 0 Å². The van der Waals surface area contributed by atoms with Crippen molar-refractivity contribution in [1.82, 2.24) is 5.32 Å². The second-order valence-corrected chi connectivity index (χ2v) is 8.83. The summed E-state index contributed by atoms with van der Waals surface area (Å²) in [5.41, 5.74) is 1.99. The van der Waals surface area contributed by atoms with E-state index >= 15 is 0 Å². The van der Waals surface area contributed by atoms with Crippen LogP contribution in [0.4, 0.5) is 4.39 Å². The Morgan fingerprint density at radius 1 is 1.38 bits per heavy atom. The van der Waals surface area contributed by atoms with Gasteiger partial charge in [0, 0.05) is 6.04 Å². The number of thiophene rings is 1. The highest BCUT2D eigenvalue weighted by Gasteiger charge is 2.19. The molecule has 1 aromatic heterocycles. The second kappa shape index (κ2) is 8.06. The van der Waals surface area contributed by atoms with Gasteiger partial charge in [-0.1, -0.05) is 30.7 Å². The molecule has 1 nitrogen and oxygen atoms in total. The van der Waals surface area contributed by atoms with Crippen molar-refractivity contribution in [2.75, 3.05) is 6.54 Å². The van der Waals surface area contributed by atoms with Crippen LogP contribution in [0.25, 0.3) is 0 Å². The molecule has 114 valence electrons. The predicted octanol–water partition coefficient (Wildman–Crippen LogP) is 6.35. The molecule has 0 amide bonds. The third kappa shape index (κ3) is 4.52. The van der Waals surface area contributed by atoms with E-state index in [0.717, 1.165) is 26.1 Å². The van der Waals surface area contributed by atoms with E-state index in [1.165, 1.54) is 11.6 Å². The average molecular weight is 456 g/mol. The fraction of sp³-hybridized carbons (Fsp3) is 0.333. The lowest BCUT2D eigenvalue weighted by Gasteiger charge is -2.19. The quantitative estimate of drug-likeness (QED) is 0.535. The third-order valence-electron chi connectivity index (χ3n) is 3.15. The van der Waals surface area contributed by atoms with Crippen LogP contribution in [0.5, 0.6) is 0 Å². The van der Waals surface area contributed by atoms with E-state index in [0.29, 0.717) is 6.42 Å². The van der Waals surface area contributed by atoms with Gasteiger partial charge in [-0.3, -0.25) is 0 Å². The Bertz CT molecular complexity index is 618. The summed E-state index contributed by atoms with van der Waals surface area (Å²) in [7, 11) is 0. The summed E-state index contributed by atoms with van der Waals surface area (Å²) < 4.78 is 15.7. The molecule has 1 heterocycles. The van der Waals surface area contributed by atoms with Gasteiger partial charge in [0.05, 0.1) is 12.6 Å². The molecule has 0 fully saturated rings. The standard InChI is InChI=1S/C15H15Br2ClFNS/c1-2-6-20-12(10-8-13(16)21-15(10)17)7-9-4-3-5-11(19)14(9)18/h3-5,8,12,20H,2,6-7H2,1H3. The van der Waals surface area contributed by atoms with Gasteiger partial charge in [0.1, 0.15) is 5.82 Å². The molecule has 0 aliphatic carbocycles. The van der Waals surface area contributed by atoms with Crippen molar-refractivity contribution in [2.24, 2.45) is 0 Å².